The van der Waals surface area contributed by atoms with Gasteiger partial charge in [0, 0.05) is 22.5 Å². The molecule has 6 nitrogen and oxygen atoms in total. The van der Waals surface area contributed by atoms with Crippen molar-refractivity contribution in [1.82, 2.24) is 15.2 Å². The van der Waals surface area contributed by atoms with E-state index < -0.39 is 5.91 Å². The molecule has 1 amide bonds. The zero-order chi connectivity index (χ0) is 17.1. The molecule has 0 radical (unpaired) electrons. The lowest BCUT2D eigenvalue weighted by Crippen LogP contribution is -2.27. The predicted octanol–water partition coefficient (Wildman–Crippen LogP) is 2.46. The lowest BCUT2D eigenvalue weighted by molar-refractivity contribution is 0.0950. The fourth-order valence-corrected chi connectivity index (χ4v) is 2.65. The first-order chi connectivity index (χ1) is 11.6. The number of amides is 1. The molecule has 0 bridgehead atoms. The quantitative estimate of drug-likeness (QED) is 0.556. The summed E-state index contributed by atoms with van der Waals surface area (Å²) >= 11 is 3.40. The van der Waals surface area contributed by atoms with Crippen molar-refractivity contribution in [3.05, 3.63) is 74.6 Å². The van der Waals surface area contributed by atoms with Crippen molar-refractivity contribution in [1.29, 1.82) is 0 Å². The van der Waals surface area contributed by atoms with Gasteiger partial charge in [-0.05, 0) is 12.1 Å². The van der Waals surface area contributed by atoms with Crippen molar-refractivity contribution >= 4 is 38.8 Å². The molecule has 7 heteroatoms. The van der Waals surface area contributed by atoms with E-state index in [-0.39, 0.29) is 11.3 Å². The normalized spacial score (nSPS) is 11.1. The number of hydrogen-bond donors (Lipinski definition) is 1. The van der Waals surface area contributed by atoms with Gasteiger partial charge in [-0.1, -0.05) is 52.3 Å². The maximum atomic E-state index is 12.4. The van der Waals surface area contributed by atoms with Crippen molar-refractivity contribution in [3.8, 4) is 0 Å². The molecule has 1 heterocycles. The Kier molecular flexibility index (Phi) is 4.52. The van der Waals surface area contributed by atoms with Crippen LogP contribution in [0.1, 0.15) is 16.1 Å². The number of aromatic nitrogens is 2. The van der Waals surface area contributed by atoms with Crippen molar-refractivity contribution in [2.24, 2.45) is 12.1 Å². The molecular formula is C17H13BrN4O2. The standard InChI is InChI=1S/C17H13BrN4O2/c1-22-17(24)13-8-4-3-7-12(13)15(21-22)16(23)20-19-10-11-6-2-5-9-14(11)18/h2-10H,1H3,(H,20,23)/b19-10-. The average Bonchev–Trinajstić information content (AvgIpc) is 2.59. The van der Waals surface area contributed by atoms with Crippen LogP contribution >= 0.6 is 15.9 Å². The SMILES string of the molecule is Cn1nc(C(=O)N/N=C\c2ccccc2Br)c2ccccc2c1=O. The Hall–Kier alpha value is -2.80. The third-order valence-electron chi connectivity index (χ3n) is 3.45. The summed E-state index contributed by atoms with van der Waals surface area (Å²) in [7, 11) is 1.51. The summed E-state index contributed by atoms with van der Waals surface area (Å²) in [5, 5.41) is 8.94. The van der Waals surface area contributed by atoms with Crippen LogP contribution in [0.3, 0.4) is 0 Å². The summed E-state index contributed by atoms with van der Waals surface area (Å²) in [4.78, 5) is 24.5. The number of fused-ring (bicyclic) bond motifs is 1. The smallest absolute Gasteiger partial charge is 0.267 e. The molecule has 0 saturated carbocycles. The van der Waals surface area contributed by atoms with E-state index in [4.69, 9.17) is 0 Å². The molecule has 1 aromatic heterocycles. The second-order valence-corrected chi connectivity index (χ2v) is 5.90. The summed E-state index contributed by atoms with van der Waals surface area (Å²) in [6.45, 7) is 0. The lowest BCUT2D eigenvalue weighted by Gasteiger charge is -2.06. The van der Waals surface area contributed by atoms with Gasteiger partial charge in [0.2, 0.25) is 0 Å². The van der Waals surface area contributed by atoms with Crippen LogP contribution < -0.4 is 11.0 Å². The number of hydrogen-bond acceptors (Lipinski definition) is 4. The van der Waals surface area contributed by atoms with E-state index in [1.54, 1.807) is 24.3 Å². The van der Waals surface area contributed by atoms with Crippen molar-refractivity contribution in [2.75, 3.05) is 0 Å². The maximum absolute atomic E-state index is 12.4. The molecule has 24 heavy (non-hydrogen) atoms. The highest BCUT2D eigenvalue weighted by Gasteiger charge is 2.14. The number of aryl methyl sites for hydroxylation is 1. The van der Waals surface area contributed by atoms with Crippen LogP contribution in [-0.2, 0) is 7.05 Å². The second kappa shape index (κ2) is 6.76. The van der Waals surface area contributed by atoms with E-state index in [0.717, 1.165) is 14.7 Å². The lowest BCUT2D eigenvalue weighted by atomic mass is 10.1. The number of carbonyl (C=O) groups excluding carboxylic acids is 1. The van der Waals surface area contributed by atoms with E-state index in [2.05, 4.69) is 31.6 Å². The molecule has 0 aliphatic heterocycles. The van der Waals surface area contributed by atoms with Gasteiger partial charge in [0.15, 0.2) is 5.69 Å². The minimum Gasteiger partial charge on any atom is -0.267 e. The Morgan fingerprint density at radius 2 is 1.83 bits per heavy atom. The first kappa shape index (κ1) is 16.1. The summed E-state index contributed by atoms with van der Waals surface area (Å²) in [6.07, 6.45) is 1.53. The Labute approximate surface area is 145 Å². The minimum atomic E-state index is -0.481. The van der Waals surface area contributed by atoms with Gasteiger partial charge in [-0.25, -0.2) is 10.1 Å². The van der Waals surface area contributed by atoms with Gasteiger partial charge < -0.3 is 0 Å². The third kappa shape index (κ3) is 3.11. The Morgan fingerprint density at radius 3 is 2.58 bits per heavy atom. The topological polar surface area (TPSA) is 76.3 Å². The fraction of sp³-hybridized carbons (Fsp3) is 0.0588. The highest BCUT2D eigenvalue weighted by atomic mass is 79.9. The van der Waals surface area contributed by atoms with Crippen LogP contribution in [0.25, 0.3) is 10.8 Å². The number of nitrogens with one attached hydrogen (secondary N) is 1. The number of halogens is 1. The van der Waals surface area contributed by atoms with Crippen LogP contribution in [-0.4, -0.2) is 21.9 Å². The molecule has 0 unspecified atom stereocenters. The van der Waals surface area contributed by atoms with Gasteiger partial charge in [-0.2, -0.15) is 10.2 Å². The van der Waals surface area contributed by atoms with Gasteiger partial charge in [0.25, 0.3) is 11.5 Å². The van der Waals surface area contributed by atoms with Crippen molar-refractivity contribution in [3.63, 3.8) is 0 Å². The fourth-order valence-electron chi connectivity index (χ4n) is 2.26. The third-order valence-corrected chi connectivity index (χ3v) is 4.17. The molecule has 0 spiro atoms. The van der Waals surface area contributed by atoms with E-state index in [0.29, 0.717) is 10.8 Å². The second-order valence-electron chi connectivity index (χ2n) is 5.04. The molecule has 0 fully saturated rings. The van der Waals surface area contributed by atoms with E-state index in [1.807, 2.05) is 24.3 Å². The molecule has 3 rings (SSSR count). The van der Waals surface area contributed by atoms with Crippen LogP contribution in [0.4, 0.5) is 0 Å². The Bertz CT molecular complexity index is 1010. The van der Waals surface area contributed by atoms with Crippen LogP contribution in [0.5, 0.6) is 0 Å². The molecule has 2 aromatic carbocycles. The van der Waals surface area contributed by atoms with Gasteiger partial charge in [0.05, 0.1) is 11.6 Å². The van der Waals surface area contributed by atoms with Gasteiger partial charge in [-0.15, -0.1) is 0 Å². The van der Waals surface area contributed by atoms with Crippen molar-refractivity contribution in [2.45, 2.75) is 0 Å². The average molecular weight is 385 g/mol. The predicted molar refractivity (Wildman–Crippen MR) is 96.2 cm³/mol. The largest absolute Gasteiger partial charge is 0.292 e. The Morgan fingerprint density at radius 1 is 1.17 bits per heavy atom. The van der Waals surface area contributed by atoms with E-state index in [9.17, 15) is 9.59 Å². The summed E-state index contributed by atoms with van der Waals surface area (Å²) in [6, 6.07) is 14.4. The number of hydrazone groups is 1. The van der Waals surface area contributed by atoms with Crippen LogP contribution in [0.15, 0.2) is 62.9 Å². The van der Waals surface area contributed by atoms with Gasteiger partial charge >= 0.3 is 0 Å². The summed E-state index contributed by atoms with van der Waals surface area (Å²) in [5.41, 5.74) is 3.17. The molecule has 0 saturated heterocycles. The summed E-state index contributed by atoms with van der Waals surface area (Å²) < 4.78 is 2.02. The number of nitrogens with zero attached hydrogens (tertiary/aromatic N) is 3. The molecule has 3 aromatic rings. The summed E-state index contributed by atoms with van der Waals surface area (Å²) in [5.74, 6) is -0.481. The molecule has 0 aliphatic rings. The highest BCUT2D eigenvalue weighted by Crippen LogP contribution is 2.14. The van der Waals surface area contributed by atoms with Gasteiger partial charge in [-0.3, -0.25) is 9.59 Å². The number of benzene rings is 2. The number of carbonyl (C=O) groups is 1. The zero-order valence-corrected chi connectivity index (χ0v) is 14.3. The van der Waals surface area contributed by atoms with Crippen molar-refractivity contribution < 1.29 is 4.79 Å². The monoisotopic (exact) mass is 384 g/mol. The highest BCUT2D eigenvalue weighted by molar-refractivity contribution is 9.10. The van der Waals surface area contributed by atoms with E-state index >= 15 is 0 Å². The maximum Gasteiger partial charge on any atom is 0.292 e. The van der Waals surface area contributed by atoms with Crippen LogP contribution in [0, 0.1) is 0 Å². The zero-order valence-electron chi connectivity index (χ0n) is 12.7. The first-order valence-electron chi connectivity index (χ1n) is 7.12. The number of rotatable bonds is 3. The van der Waals surface area contributed by atoms with Crippen LogP contribution in [0.2, 0.25) is 0 Å². The molecule has 1 N–H and O–H groups in total. The minimum absolute atomic E-state index is 0.150. The van der Waals surface area contributed by atoms with Gasteiger partial charge in [0.1, 0.15) is 0 Å². The molecular weight excluding hydrogens is 372 g/mol. The molecule has 0 atom stereocenters. The first-order valence-corrected chi connectivity index (χ1v) is 7.91. The molecule has 0 aliphatic carbocycles. The van der Waals surface area contributed by atoms with E-state index in [1.165, 1.54) is 13.3 Å². The molecule has 120 valence electrons. The Balaban J connectivity index is 1.91.